The molecule has 2 aromatic rings. The van der Waals surface area contributed by atoms with Crippen molar-refractivity contribution in [1.82, 2.24) is 0 Å². The highest BCUT2D eigenvalue weighted by molar-refractivity contribution is 5.88. The fraction of sp³-hybridized carbons (Fsp3) is 0.350. The third kappa shape index (κ3) is 1.62. The molecule has 3 heteroatoms. The van der Waals surface area contributed by atoms with Gasteiger partial charge in [-0.2, -0.15) is 0 Å². The number of ether oxygens (including phenoxy) is 1. The molecule has 0 bridgehead atoms. The van der Waals surface area contributed by atoms with Crippen LogP contribution in [0.3, 0.4) is 0 Å². The molecule has 0 aliphatic carbocycles. The Hall–Kier alpha value is -2.29. The van der Waals surface area contributed by atoms with Crippen LogP contribution >= 0.6 is 0 Å². The van der Waals surface area contributed by atoms with Crippen LogP contribution < -0.4 is 9.64 Å². The van der Waals surface area contributed by atoms with Gasteiger partial charge in [-0.05, 0) is 62.6 Å². The van der Waals surface area contributed by atoms with Crippen molar-refractivity contribution in [3.05, 3.63) is 53.1 Å². The van der Waals surface area contributed by atoms with Gasteiger partial charge in [-0.25, -0.2) is 0 Å². The standard InChI is InChI=1S/C20H22N2O/c1-13-10-11-16-18(14(13)2)19(3,4)20(22(16)5)12-21-15-8-6-7-9-17(15)23-20/h6-12H,1-5H3. The number of benzene rings is 2. The average Bonchev–Trinajstić information content (AvgIpc) is 2.70. The van der Waals surface area contributed by atoms with E-state index in [-0.39, 0.29) is 5.41 Å². The minimum atomic E-state index is -0.595. The molecule has 2 aliphatic heterocycles. The Labute approximate surface area is 137 Å². The van der Waals surface area contributed by atoms with Crippen LogP contribution in [0.5, 0.6) is 5.75 Å². The van der Waals surface area contributed by atoms with Crippen LogP contribution in [0.4, 0.5) is 11.4 Å². The van der Waals surface area contributed by atoms with E-state index in [0.29, 0.717) is 0 Å². The lowest BCUT2D eigenvalue weighted by Crippen LogP contribution is -2.61. The molecule has 0 amide bonds. The number of rotatable bonds is 0. The number of nitrogens with zero attached hydrogens (tertiary/aromatic N) is 2. The predicted molar refractivity (Wildman–Crippen MR) is 95.3 cm³/mol. The van der Waals surface area contributed by atoms with Gasteiger partial charge < -0.3 is 9.64 Å². The van der Waals surface area contributed by atoms with Crippen LogP contribution in [-0.4, -0.2) is 19.0 Å². The molecule has 3 nitrogen and oxygen atoms in total. The summed E-state index contributed by atoms with van der Waals surface area (Å²) < 4.78 is 6.56. The lowest BCUT2D eigenvalue weighted by Gasteiger charge is -2.45. The second-order valence-corrected chi connectivity index (χ2v) is 7.11. The summed E-state index contributed by atoms with van der Waals surface area (Å²) in [6.07, 6.45) is 1.98. The number of aryl methyl sites for hydroxylation is 1. The summed E-state index contributed by atoms with van der Waals surface area (Å²) in [7, 11) is 2.10. The van der Waals surface area contributed by atoms with E-state index < -0.39 is 5.72 Å². The molecule has 0 saturated heterocycles. The van der Waals surface area contributed by atoms with Gasteiger partial charge in [0.05, 0.1) is 11.6 Å². The number of aliphatic imine (C=N–C) groups is 1. The van der Waals surface area contributed by atoms with Crippen molar-refractivity contribution >= 4 is 17.6 Å². The lowest BCUT2D eigenvalue weighted by molar-refractivity contribution is 0.0822. The number of likely N-dealkylation sites (N-methyl/N-ethyl adjacent to an activating group) is 1. The fourth-order valence-electron chi connectivity index (χ4n) is 4.09. The Morgan fingerprint density at radius 1 is 1.04 bits per heavy atom. The summed E-state index contributed by atoms with van der Waals surface area (Å²) in [5.41, 5.74) is 5.33. The molecule has 0 aromatic heterocycles. The Balaban J connectivity index is 1.95. The first-order valence-corrected chi connectivity index (χ1v) is 8.06. The molecule has 0 radical (unpaired) electrons. The van der Waals surface area contributed by atoms with Gasteiger partial charge in [0, 0.05) is 12.7 Å². The molecule has 0 saturated carbocycles. The summed E-state index contributed by atoms with van der Waals surface area (Å²) in [5.74, 6) is 0.845. The minimum Gasteiger partial charge on any atom is -0.459 e. The van der Waals surface area contributed by atoms with Crippen molar-refractivity contribution < 1.29 is 4.74 Å². The SMILES string of the molecule is Cc1ccc2c(c1C)C(C)(C)C1(C=Nc3ccccc3O1)N2C. The van der Waals surface area contributed by atoms with Gasteiger partial charge in [0.25, 0.3) is 0 Å². The fourth-order valence-corrected chi connectivity index (χ4v) is 4.09. The van der Waals surface area contributed by atoms with Crippen LogP contribution in [0.15, 0.2) is 41.4 Å². The maximum absolute atomic E-state index is 6.56. The minimum absolute atomic E-state index is 0.204. The monoisotopic (exact) mass is 306 g/mol. The Morgan fingerprint density at radius 3 is 2.57 bits per heavy atom. The molecular formula is C20H22N2O. The summed E-state index contributed by atoms with van der Waals surface area (Å²) in [4.78, 5) is 6.95. The molecule has 4 rings (SSSR count). The van der Waals surface area contributed by atoms with E-state index in [1.807, 2.05) is 30.5 Å². The Kier molecular flexibility index (Phi) is 2.72. The summed E-state index contributed by atoms with van der Waals surface area (Å²) in [6, 6.07) is 12.4. The van der Waals surface area contributed by atoms with Crippen LogP contribution in [0.25, 0.3) is 0 Å². The molecule has 2 aliphatic rings. The molecule has 0 fully saturated rings. The molecule has 0 N–H and O–H groups in total. The van der Waals surface area contributed by atoms with Crippen molar-refractivity contribution in [2.24, 2.45) is 4.99 Å². The van der Waals surface area contributed by atoms with E-state index in [1.165, 1.54) is 22.4 Å². The van der Waals surface area contributed by atoms with E-state index in [0.717, 1.165) is 11.4 Å². The van der Waals surface area contributed by atoms with E-state index in [2.05, 4.69) is 51.8 Å². The van der Waals surface area contributed by atoms with Gasteiger partial charge in [0.2, 0.25) is 5.72 Å². The van der Waals surface area contributed by atoms with E-state index in [4.69, 9.17) is 9.73 Å². The zero-order valence-corrected chi connectivity index (χ0v) is 14.3. The molecule has 1 unspecified atom stereocenters. The number of para-hydroxylation sites is 2. The molecule has 23 heavy (non-hydrogen) atoms. The largest absolute Gasteiger partial charge is 0.459 e. The molecular weight excluding hydrogens is 284 g/mol. The lowest BCUT2D eigenvalue weighted by atomic mass is 9.75. The first-order valence-electron chi connectivity index (χ1n) is 8.06. The zero-order valence-electron chi connectivity index (χ0n) is 14.3. The van der Waals surface area contributed by atoms with Gasteiger partial charge in [-0.15, -0.1) is 0 Å². The van der Waals surface area contributed by atoms with Gasteiger partial charge >= 0.3 is 0 Å². The first kappa shape index (κ1) is 14.3. The summed E-state index contributed by atoms with van der Waals surface area (Å²) in [5, 5.41) is 0. The first-order chi connectivity index (χ1) is 10.9. The van der Waals surface area contributed by atoms with Gasteiger partial charge in [0.1, 0.15) is 11.4 Å². The normalized spacial score (nSPS) is 23.6. The van der Waals surface area contributed by atoms with Crippen molar-refractivity contribution in [2.75, 3.05) is 11.9 Å². The van der Waals surface area contributed by atoms with Gasteiger partial charge in [0.15, 0.2) is 0 Å². The average molecular weight is 306 g/mol. The highest BCUT2D eigenvalue weighted by atomic mass is 16.5. The molecule has 2 heterocycles. The Bertz CT molecular complexity index is 838. The highest BCUT2D eigenvalue weighted by Gasteiger charge is 2.59. The highest BCUT2D eigenvalue weighted by Crippen LogP contribution is 2.54. The number of hydrogen-bond donors (Lipinski definition) is 0. The molecule has 118 valence electrons. The van der Waals surface area contributed by atoms with E-state index >= 15 is 0 Å². The second kappa shape index (κ2) is 4.38. The van der Waals surface area contributed by atoms with Crippen molar-refractivity contribution in [2.45, 2.75) is 38.8 Å². The molecule has 1 spiro atoms. The maximum Gasteiger partial charge on any atom is 0.228 e. The molecule has 1 atom stereocenters. The van der Waals surface area contributed by atoms with Gasteiger partial charge in [-0.1, -0.05) is 18.2 Å². The quantitative estimate of drug-likeness (QED) is 0.715. The molecule has 2 aromatic carbocycles. The van der Waals surface area contributed by atoms with Crippen molar-refractivity contribution in [3.63, 3.8) is 0 Å². The Morgan fingerprint density at radius 2 is 1.78 bits per heavy atom. The number of hydrogen-bond acceptors (Lipinski definition) is 3. The van der Waals surface area contributed by atoms with Crippen molar-refractivity contribution in [1.29, 1.82) is 0 Å². The summed E-state index contributed by atoms with van der Waals surface area (Å²) in [6.45, 7) is 8.88. The third-order valence-electron chi connectivity index (χ3n) is 5.60. The van der Waals surface area contributed by atoms with Crippen LogP contribution in [-0.2, 0) is 5.41 Å². The van der Waals surface area contributed by atoms with Gasteiger partial charge in [-0.3, -0.25) is 4.99 Å². The maximum atomic E-state index is 6.56. The third-order valence-corrected chi connectivity index (χ3v) is 5.60. The topological polar surface area (TPSA) is 24.8 Å². The van der Waals surface area contributed by atoms with Crippen LogP contribution in [0, 0.1) is 13.8 Å². The van der Waals surface area contributed by atoms with Crippen LogP contribution in [0.1, 0.15) is 30.5 Å². The van der Waals surface area contributed by atoms with Crippen molar-refractivity contribution in [3.8, 4) is 5.75 Å². The smallest absolute Gasteiger partial charge is 0.228 e. The van der Waals surface area contributed by atoms with Crippen LogP contribution in [0.2, 0.25) is 0 Å². The van der Waals surface area contributed by atoms with E-state index in [1.54, 1.807) is 0 Å². The summed E-state index contributed by atoms with van der Waals surface area (Å²) >= 11 is 0. The second-order valence-electron chi connectivity index (χ2n) is 7.11. The predicted octanol–water partition coefficient (Wildman–Crippen LogP) is 4.52. The number of fused-ring (bicyclic) bond motifs is 2. The zero-order chi connectivity index (χ0) is 16.4. The number of anilines is 1. The van der Waals surface area contributed by atoms with E-state index in [9.17, 15) is 0 Å².